The molecular weight excluding hydrogens is 294 g/mol. The van der Waals surface area contributed by atoms with Gasteiger partial charge in [-0.25, -0.2) is 14.6 Å². The number of fused-ring (bicyclic) bond motifs is 1. The van der Waals surface area contributed by atoms with E-state index >= 15 is 0 Å². The van der Waals surface area contributed by atoms with Crippen molar-refractivity contribution in [3.8, 4) is 0 Å². The molecule has 0 unspecified atom stereocenters. The van der Waals surface area contributed by atoms with Crippen LogP contribution in [0.2, 0.25) is 0 Å². The number of thioether (sulfide) groups is 1. The Kier molecular flexibility index (Phi) is 3.79. The van der Waals surface area contributed by atoms with E-state index in [2.05, 4.69) is 37.7 Å². The number of aryl methyl sites for hydroxylation is 1. The Balaban J connectivity index is 1.85. The lowest BCUT2D eigenvalue weighted by Gasteiger charge is -2.06. The van der Waals surface area contributed by atoms with E-state index in [0.29, 0.717) is 5.75 Å². The van der Waals surface area contributed by atoms with E-state index < -0.39 is 0 Å². The summed E-state index contributed by atoms with van der Waals surface area (Å²) in [4.78, 5) is 10.2. The number of anilines is 1. The van der Waals surface area contributed by atoms with Gasteiger partial charge in [0.05, 0.1) is 11.1 Å². The molecule has 7 nitrogen and oxygen atoms in total. The number of nitrogens with zero attached hydrogens (tertiary/aromatic N) is 6. The molecule has 3 aromatic heterocycles. The molecule has 0 spiro atoms. The van der Waals surface area contributed by atoms with Crippen LogP contribution in [0.3, 0.4) is 0 Å². The molecule has 3 rings (SSSR count). The van der Waals surface area contributed by atoms with Gasteiger partial charge in [-0.2, -0.15) is 0 Å². The van der Waals surface area contributed by atoms with Crippen LogP contribution in [0.5, 0.6) is 0 Å². The minimum Gasteiger partial charge on any atom is -0.370 e. The van der Waals surface area contributed by atoms with Crippen LogP contribution in [0.1, 0.15) is 12.7 Å². The van der Waals surface area contributed by atoms with Gasteiger partial charge < -0.3 is 5.32 Å². The zero-order valence-corrected chi connectivity index (χ0v) is 12.7. The molecule has 0 fully saturated rings. The molecule has 1 N–H and O–H groups in total. The van der Waals surface area contributed by atoms with Crippen molar-refractivity contribution in [2.75, 3.05) is 11.9 Å². The van der Waals surface area contributed by atoms with E-state index in [0.717, 1.165) is 33.6 Å². The fourth-order valence-corrected chi connectivity index (χ4v) is 3.23. The van der Waals surface area contributed by atoms with Crippen molar-refractivity contribution in [3.63, 3.8) is 0 Å². The lowest BCUT2D eigenvalue weighted by atomic mass is 10.3. The van der Waals surface area contributed by atoms with Gasteiger partial charge in [-0.3, -0.25) is 0 Å². The molecule has 3 aromatic rings. The standard InChI is InChI=1S/C11H13N7S2/c1-3-12-9-7-4-5-19-10(7)14-8(13-9)6-20-11-15-16-17-18(11)2/h4-5H,3,6H2,1-2H3,(H,12,13,14). The lowest BCUT2D eigenvalue weighted by molar-refractivity contribution is 0.664. The quantitative estimate of drug-likeness (QED) is 0.721. The Hall–Kier alpha value is -1.74. The number of aromatic nitrogens is 6. The monoisotopic (exact) mass is 307 g/mol. The summed E-state index contributed by atoms with van der Waals surface area (Å²) in [6.45, 7) is 2.89. The van der Waals surface area contributed by atoms with Gasteiger partial charge in [-0.1, -0.05) is 11.8 Å². The van der Waals surface area contributed by atoms with Crippen LogP contribution in [-0.4, -0.2) is 36.7 Å². The SMILES string of the molecule is CCNc1nc(CSc2nnnn2C)nc2sccc12. The van der Waals surface area contributed by atoms with Crippen molar-refractivity contribution < 1.29 is 0 Å². The highest BCUT2D eigenvalue weighted by Gasteiger charge is 2.10. The first kappa shape index (κ1) is 13.3. The van der Waals surface area contributed by atoms with Gasteiger partial charge >= 0.3 is 0 Å². The van der Waals surface area contributed by atoms with Gasteiger partial charge in [0.2, 0.25) is 5.16 Å². The van der Waals surface area contributed by atoms with Crippen LogP contribution in [0, 0.1) is 0 Å². The molecule has 0 aliphatic heterocycles. The third-order valence-corrected chi connectivity index (χ3v) is 4.44. The first-order chi connectivity index (χ1) is 9.78. The van der Waals surface area contributed by atoms with Crippen molar-refractivity contribution >= 4 is 39.1 Å². The Morgan fingerprint density at radius 1 is 1.40 bits per heavy atom. The second-order valence-corrected chi connectivity index (χ2v) is 5.87. The Morgan fingerprint density at radius 3 is 3.05 bits per heavy atom. The summed E-state index contributed by atoms with van der Waals surface area (Å²) in [6.07, 6.45) is 0. The van der Waals surface area contributed by atoms with E-state index in [1.807, 2.05) is 18.5 Å². The molecule has 0 aliphatic carbocycles. The van der Waals surface area contributed by atoms with Crippen LogP contribution >= 0.6 is 23.1 Å². The van der Waals surface area contributed by atoms with Crippen LogP contribution in [0.15, 0.2) is 16.6 Å². The average Bonchev–Trinajstić information content (AvgIpc) is 3.05. The largest absolute Gasteiger partial charge is 0.370 e. The fourth-order valence-electron chi connectivity index (χ4n) is 1.74. The van der Waals surface area contributed by atoms with Crippen molar-refractivity contribution in [2.45, 2.75) is 17.8 Å². The average molecular weight is 307 g/mol. The van der Waals surface area contributed by atoms with Crippen LogP contribution in [0.4, 0.5) is 5.82 Å². The van der Waals surface area contributed by atoms with Crippen molar-refractivity contribution in [3.05, 3.63) is 17.3 Å². The second kappa shape index (κ2) is 5.71. The lowest BCUT2D eigenvalue weighted by Crippen LogP contribution is -2.03. The third kappa shape index (κ3) is 2.59. The van der Waals surface area contributed by atoms with E-state index in [1.54, 1.807) is 16.0 Å². The predicted octanol–water partition coefficient (Wildman–Crippen LogP) is 1.94. The van der Waals surface area contributed by atoms with Gasteiger partial charge in [0, 0.05) is 13.6 Å². The Labute approximate surface area is 123 Å². The number of thiophene rings is 1. The maximum absolute atomic E-state index is 4.58. The predicted molar refractivity (Wildman–Crippen MR) is 79.9 cm³/mol. The molecule has 0 aromatic carbocycles. The molecular formula is C11H13N7S2. The molecule has 9 heteroatoms. The van der Waals surface area contributed by atoms with Crippen LogP contribution < -0.4 is 5.32 Å². The van der Waals surface area contributed by atoms with E-state index in [1.165, 1.54) is 11.8 Å². The van der Waals surface area contributed by atoms with Crippen LogP contribution in [-0.2, 0) is 12.8 Å². The zero-order chi connectivity index (χ0) is 13.9. The van der Waals surface area contributed by atoms with Gasteiger partial charge in [-0.15, -0.1) is 16.4 Å². The first-order valence-corrected chi connectivity index (χ1v) is 7.97. The van der Waals surface area contributed by atoms with Crippen molar-refractivity contribution in [2.24, 2.45) is 7.05 Å². The fraction of sp³-hybridized carbons (Fsp3) is 0.364. The topological polar surface area (TPSA) is 81.4 Å². The summed E-state index contributed by atoms with van der Waals surface area (Å²) in [6, 6.07) is 2.04. The minimum absolute atomic E-state index is 0.639. The first-order valence-electron chi connectivity index (χ1n) is 6.11. The number of nitrogens with one attached hydrogen (secondary N) is 1. The number of hydrogen-bond donors (Lipinski definition) is 1. The Bertz CT molecular complexity index is 720. The normalized spacial score (nSPS) is 11.1. The smallest absolute Gasteiger partial charge is 0.209 e. The van der Waals surface area contributed by atoms with E-state index in [4.69, 9.17) is 0 Å². The maximum atomic E-state index is 4.58. The van der Waals surface area contributed by atoms with Gasteiger partial charge in [-0.05, 0) is 28.8 Å². The van der Waals surface area contributed by atoms with Crippen LogP contribution in [0.25, 0.3) is 10.2 Å². The summed E-state index contributed by atoms with van der Waals surface area (Å²) in [5, 5.41) is 18.5. The van der Waals surface area contributed by atoms with E-state index in [9.17, 15) is 0 Å². The second-order valence-electron chi connectivity index (χ2n) is 4.03. The Morgan fingerprint density at radius 2 is 2.30 bits per heavy atom. The molecule has 0 atom stereocenters. The molecule has 3 heterocycles. The summed E-state index contributed by atoms with van der Waals surface area (Å²) < 4.78 is 1.64. The zero-order valence-electron chi connectivity index (χ0n) is 11.1. The molecule has 0 bridgehead atoms. The third-order valence-electron chi connectivity index (χ3n) is 2.63. The number of tetrazole rings is 1. The van der Waals surface area contributed by atoms with Gasteiger partial charge in [0.15, 0.2) is 0 Å². The number of rotatable bonds is 5. The summed E-state index contributed by atoms with van der Waals surface area (Å²) in [5.74, 6) is 2.31. The minimum atomic E-state index is 0.639. The summed E-state index contributed by atoms with van der Waals surface area (Å²) >= 11 is 3.15. The highest BCUT2D eigenvalue weighted by Crippen LogP contribution is 2.27. The highest BCUT2D eigenvalue weighted by molar-refractivity contribution is 7.98. The van der Waals surface area contributed by atoms with Gasteiger partial charge in [0.25, 0.3) is 0 Å². The molecule has 20 heavy (non-hydrogen) atoms. The number of hydrogen-bond acceptors (Lipinski definition) is 8. The molecule has 0 aliphatic rings. The molecule has 0 saturated heterocycles. The van der Waals surface area contributed by atoms with Gasteiger partial charge in [0.1, 0.15) is 16.5 Å². The molecule has 0 saturated carbocycles. The maximum Gasteiger partial charge on any atom is 0.209 e. The summed E-state index contributed by atoms with van der Waals surface area (Å²) in [5.41, 5.74) is 0. The van der Waals surface area contributed by atoms with Crippen molar-refractivity contribution in [1.29, 1.82) is 0 Å². The van der Waals surface area contributed by atoms with E-state index in [-0.39, 0.29) is 0 Å². The highest BCUT2D eigenvalue weighted by atomic mass is 32.2. The van der Waals surface area contributed by atoms with Crippen molar-refractivity contribution in [1.82, 2.24) is 30.2 Å². The summed E-state index contributed by atoms with van der Waals surface area (Å²) in [7, 11) is 1.82. The molecule has 104 valence electrons. The molecule has 0 radical (unpaired) electrons. The molecule has 0 amide bonds.